The van der Waals surface area contributed by atoms with Crippen molar-refractivity contribution in [1.29, 1.82) is 0 Å². The molecule has 2 aromatic rings. The minimum atomic E-state index is -4.58. The lowest BCUT2D eigenvalue weighted by Gasteiger charge is -2.09. The van der Waals surface area contributed by atoms with E-state index in [1.54, 1.807) is 0 Å². The van der Waals surface area contributed by atoms with Gasteiger partial charge in [-0.05, 0) is 12.1 Å². The predicted octanol–water partition coefficient (Wildman–Crippen LogP) is 2.20. The minimum absolute atomic E-state index is 0.0605. The Morgan fingerprint density at radius 1 is 1.42 bits per heavy atom. The first-order chi connectivity index (χ1) is 8.80. The number of aromatic nitrogens is 3. The molecular formula is C11H8F3N3O2. The lowest BCUT2D eigenvalue weighted by molar-refractivity contribution is -0.137. The van der Waals surface area contributed by atoms with E-state index in [1.165, 1.54) is 13.2 Å². The van der Waals surface area contributed by atoms with Gasteiger partial charge in [0.05, 0.1) is 11.3 Å². The van der Waals surface area contributed by atoms with Gasteiger partial charge in [-0.2, -0.15) is 18.3 Å². The molecule has 0 fully saturated rings. The van der Waals surface area contributed by atoms with E-state index in [2.05, 4.69) is 10.1 Å². The summed E-state index contributed by atoms with van der Waals surface area (Å²) in [5.41, 5.74) is -1.41. The van der Waals surface area contributed by atoms with Gasteiger partial charge in [0.1, 0.15) is 5.69 Å². The summed E-state index contributed by atoms with van der Waals surface area (Å²) in [5.74, 6) is -1.26. The normalized spacial score (nSPS) is 11.6. The van der Waals surface area contributed by atoms with E-state index in [-0.39, 0.29) is 17.0 Å². The van der Waals surface area contributed by atoms with Crippen molar-refractivity contribution < 1.29 is 23.1 Å². The van der Waals surface area contributed by atoms with E-state index >= 15 is 0 Å². The van der Waals surface area contributed by atoms with Gasteiger partial charge in [0.25, 0.3) is 0 Å². The number of nitrogens with zero attached hydrogens (tertiary/aromatic N) is 3. The average Bonchev–Trinajstić information content (AvgIpc) is 2.70. The summed E-state index contributed by atoms with van der Waals surface area (Å²) >= 11 is 0. The number of carboxylic acids is 1. The fraction of sp³-hybridized carbons (Fsp3) is 0.182. The second-order valence-electron chi connectivity index (χ2n) is 3.76. The number of carboxylic acid groups (broad SMARTS) is 1. The van der Waals surface area contributed by atoms with Crippen LogP contribution < -0.4 is 0 Å². The predicted molar refractivity (Wildman–Crippen MR) is 58.4 cm³/mol. The number of pyridine rings is 1. The third-order valence-electron chi connectivity index (χ3n) is 2.50. The van der Waals surface area contributed by atoms with Gasteiger partial charge in [-0.25, -0.2) is 4.79 Å². The van der Waals surface area contributed by atoms with Crippen LogP contribution in [0.2, 0.25) is 0 Å². The highest BCUT2D eigenvalue weighted by molar-refractivity contribution is 5.87. The third-order valence-corrected chi connectivity index (χ3v) is 2.50. The van der Waals surface area contributed by atoms with Gasteiger partial charge in [0.15, 0.2) is 0 Å². The summed E-state index contributed by atoms with van der Waals surface area (Å²) in [6.45, 7) is 0. The van der Waals surface area contributed by atoms with Crippen LogP contribution in [-0.4, -0.2) is 25.8 Å². The SMILES string of the molecule is Cn1nc(-c2ccncc2C(F)(F)F)cc1C(=O)O. The molecule has 0 saturated heterocycles. The van der Waals surface area contributed by atoms with Crippen LogP contribution >= 0.6 is 0 Å². The minimum Gasteiger partial charge on any atom is -0.477 e. The molecule has 0 unspecified atom stereocenters. The van der Waals surface area contributed by atoms with Crippen LogP contribution in [0.5, 0.6) is 0 Å². The van der Waals surface area contributed by atoms with Crippen LogP contribution in [-0.2, 0) is 13.2 Å². The molecule has 0 spiro atoms. The second kappa shape index (κ2) is 4.38. The van der Waals surface area contributed by atoms with Crippen molar-refractivity contribution in [1.82, 2.24) is 14.8 Å². The van der Waals surface area contributed by atoms with Gasteiger partial charge < -0.3 is 5.11 Å². The van der Waals surface area contributed by atoms with Gasteiger partial charge in [0, 0.05) is 25.0 Å². The Labute approximate surface area is 105 Å². The first kappa shape index (κ1) is 13.1. The summed E-state index contributed by atoms with van der Waals surface area (Å²) in [5, 5.41) is 12.6. The van der Waals surface area contributed by atoms with Crippen molar-refractivity contribution in [2.45, 2.75) is 6.18 Å². The van der Waals surface area contributed by atoms with Crippen molar-refractivity contribution in [3.05, 3.63) is 35.8 Å². The fourth-order valence-electron chi connectivity index (χ4n) is 1.64. The molecule has 8 heteroatoms. The Morgan fingerprint density at radius 2 is 2.11 bits per heavy atom. The van der Waals surface area contributed by atoms with Crippen LogP contribution in [0.4, 0.5) is 13.2 Å². The Balaban J connectivity index is 2.60. The highest BCUT2D eigenvalue weighted by atomic mass is 19.4. The summed E-state index contributed by atoms with van der Waals surface area (Å²) < 4.78 is 39.4. The molecule has 100 valence electrons. The largest absolute Gasteiger partial charge is 0.477 e. The Bertz CT molecular complexity index is 634. The van der Waals surface area contributed by atoms with E-state index in [1.807, 2.05) is 0 Å². The molecule has 0 aliphatic carbocycles. The molecule has 1 N–H and O–H groups in total. The Morgan fingerprint density at radius 3 is 2.63 bits per heavy atom. The zero-order valence-corrected chi connectivity index (χ0v) is 9.64. The van der Waals surface area contributed by atoms with Gasteiger partial charge >= 0.3 is 12.1 Å². The van der Waals surface area contributed by atoms with Crippen LogP contribution in [0.1, 0.15) is 16.1 Å². The van der Waals surface area contributed by atoms with Crippen molar-refractivity contribution in [2.24, 2.45) is 7.05 Å². The zero-order chi connectivity index (χ0) is 14.2. The van der Waals surface area contributed by atoms with Gasteiger partial charge in [-0.15, -0.1) is 0 Å². The number of aryl methyl sites for hydroxylation is 1. The molecule has 19 heavy (non-hydrogen) atoms. The topological polar surface area (TPSA) is 68.0 Å². The quantitative estimate of drug-likeness (QED) is 0.909. The van der Waals surface area contributed by atoms with Crippen molar-refractivity contribution in [2.75, 3.05) is 0 Å². The number of alkyl halides is 3. The molecule has 0 saturated carbocycles. The van der Waals surface area contributed by atoms with Gasteiger partial charge in [-0.1, -0.05) is 0 Å². The van der Waals surface area contributed by atoms with Crippen LogP contribution in [0.15, 0.2) is 24.5 Å². The summed E-state index contributed by atoms with van der Waals surface area (Å²) in [6, 6.07) is 2.24. The maximum Gasteiger partial charge on any atom is 0.418 e. The molecule has 0 bridgehead atoms. The number of hydrogen-bond donors (Lipinski definition) is 1. The van der Waals surface area contributed by atoms with E-state index in [0.29, 0.717) is 6.20 Å². The van der Waals surface area contributed by atoms with Crippen molar-refractivity contribution in [3.63, 3.8) is 0 Å². The van der Waals surface area contributed by atoms with E-state index < -0.39 is 17.7 Å². The van der Waals surface area contributed by atoms with E-state index in [9.17, 15) is 18.0 Å². The molecular weight excluding hydrogens is 263 g/mol. The summed E-state index contributed by atoms with van der Waals surface area (Å²) in [4.78, 5) is 14.3. The fourth-order valence-corrected chi connectivity index (χ4v) is 1.64. The molecule has 5 nitrogen and oxygen atoms in total. The molecule has 0 radical (unpaired) electrons. The molecule has 0 aliphatic heterocycles. The highest BCUT2D eigenvalue weighted by Crippen LogP contribution is 2.35. The maximum absolute atomic E-state index is 12.8. The standard InChI is InChI=1S/C11H8F3N3O2/c1-17-9(10(18)19)4-8(16-17)6-2-3-15-5-7(6)11(12,13)14/h2-5H,1H3,(H,18,19). The molecule has 2 aromatic heterocycles. The van der Waals surface area contributed by atoms with Crippen molar-refractivity contribution >= 4 is 5.97 Å². The zero-order valence-electron chi connectivity index (χ0n) is 9.64. The third kappa shape index (κ3) is 2.42. The highest BCUT2D eigenvalue weighted by Gasteiger charge is 2.34. The summed E-state index contributed by atoms with van der Waals surface area (Å²) in [7, 11) is 1.35. The monoisotopic (exact) mass is 271 g/mol. The van der Waals surface area contributed by atoms with Crippen LogP contribution in [0.25, 0.3) is 11.3 Å². The lowest BCUT2D eigenvalue weighted by atomic mass is 10.1. The number of halogens is 3. The first-order valence-corrected chi connectivity index (χ1v) is 5.09. The molecule has 2 heterocycles. The molecule has 0 amide bonds. The van der Waals surface area contributed by atoms with E-state index in [0.717, 1.165) is 16.8 Å². The first-order valence-electron chi connectivity index (χ1n) is 5.09. The maximum atomic E-state index is 12.8. The lowest BCUT2D eigenvalue weighted by Crippen LogP contribution is -2.08. The van der Waals surface area contributed by atoms with E-state index in [4.69, 9.17) is 5.11 Å². The smallest absolute Gasteiger partial charge is 0.418 e. The molecule has 0 atom stereocenters. The Kier molecular flexibility index (Phi) is 3.01. The number of hydrogen-bond acceptors (Lipinski definition) is 3. The number of aromatic carboxylic acids is 1. The number of carbonyl (C=O) groups is 1. The average molecular weight is 271 g/mol. The Hall–Kier alpha value is -2.38. The van der Waals surface area contributed by atoms with Gasteiger partial charge in [-0.3, -0.25) is 9.67 Å². The summed E-state index contributed by atoms with van der Waals surface area (Å²) in [6.07, 6.45) is -2.70. The molecule has 0 aliphatic rings. The van der Waals surface area contributed by atoms with Crippen LogP contribution in [0, 0.1) is 0 Å². The molecule has 0 aromatic carbocycles. The molecule has 2 rings (SSSR count). The van der Waals surface area contributed by atoms with Crippen molar-refractivity contribution in [3.8, 4) is 11.3 Å². The van der Waals surface area contributed by atoms with Crippen LogP contribution in [0.3, 0.4) is 0 Å². The van der Waals surface area contributed by atoms with Gasteiger partial charge in [0.2, 0.25) is 0 Å². The number of rotatable bonds is 2. The second-order valence-corrected chi connectivity index (χ2v) is 3.76.